The molecule has 8 nitrogen and oxygen atoms in total. The van der Waals surface area contributed by atoms with Crippen LogP contribution in [-0.2, 0) is 11.8 Å². The maximum Gasteiger partial charge on any atom is 0.255 e. The number of anilines is 1. The Morgan fingerprint density at radius 2 is 2.09 bits per heavy atom. The summed E-state index contributed by atoms with van der Waals surface area (Å²) in [5.74, 6) is -0.704. The van der Waals surface area contributed by atoms with E-state index >= 15 is 0 Å². The average Bonchev–Trinajstić information content (AvgIpc) is 3.45. The first kappa shape index (κ1) is 23.7. The van der Waals surface area contributed by atoms with Gasteiger partial charge in [-0.15, -0.1) is 0 Å². The van der Waals surface area contributed by atoms with Crippen LogP contribution in [0.5, 0.6) is 5.75 Å². The van der Waals surface area contributed by atoms with Crippen molar-refractivity contribution in [2.75, 3.05) is 25.0 Å². The molecule has 178 valence electrons. The van der Waals surface area contributed by atoms with Gasteiger partial charge in [0.1, 0.15) is 18.2 Å². The zero-order chi connectivity index (χ0) is 24.2. The van der Waals surface area contributed by atoms with Gasteiger partial charge < -0.3 is 15.8 Å². The lowest BCUT2D eigenvalue weighted by atomic mass is 10.1. The number of primary amides is 1. The summed E-state index contributed by atoms with van der Waals surface area (Å²) in [5.41, 5.74) is 7.80. The van der Waals surface area contributed by atoms with Crippen molar-refractivity contribution in [1.82, 2.24) is 14.7 Å². The van der Waals surface area contributed by atoms with E-state index in [9.17, 15) is 14.0 Å². The molecule has 0 radical (unpaired) electrons. The van der Waals surface area contributed by atoms with Gasteiger partial charge in [0.15, 0.2) is 0 Å². The molecule has 1 aromatic heterocycles. The van der Waals surface area contributed by atoms with Crippen molar-refractivity contribution in [3.05, 3.63) is 65.1 Å². The van der Waals surface area contributed by atoms with Crippen LogP contribution >= 0.6 is 11.6 Å². The number of nitrogens with zero attached hydrogens (tertiary/aromatic N) is 3. The Morgan fingerprint density at radius 1 is 1.26 bits per heavy atom. The number of ether oxygens (including phenoxy) is 1. The molecule has 0 bridgehead atoms. The van der Waals surface area contributed by atoms with Crippen LogP contribution in [-0.4, -0.2) is 52.2 Å². The summed E-state index contributed by atoms with van der Waals surface area (Å²) >= 11 is 5.80. The first-order chi connectivity index (χ1) is 16.3. The van der Waals surface area contributed by atoms with Crippen LogP contribution in [0.25, 0.3) is 11.3 Å². The number of nitrogens with one attached hydrogen (secondary N) is 1. The van der Waals surface area contributed by atoms with Crippen molar-refractivity contribution < 1.29 is 18.7 Å². The van der Waals surface area contributed by atoms with Crippen LogP contribution in [0, 0.1) is 5.82 Å². The number of hydrogen-bond acceptors (Lipinski definition) is 5. The highest BCUT2D eigenvalue weighted by molar-refractivity contribution is 6.31. The van der Waals surface area contributed by atoms with E-state index in [1.807, 2.05) is 18.0 Å². The fraction of sp³-hybridized carbons (Fsp3) is 0.292. The van der Waals surface area contributed by atoms with Gasteiger partial charge in [-0.05, 0) is 61.9 Å². The lowest BCUT2D eigenvalue weighted by Crippen LogP contribution is -2.42. The molecule has 2 heterocycles. The summed E-state index contributed by atoms with van der Waals surface area (Å²) in [6.07, 6.45) is 3.37. The van der Waals surface area contributed by atoms with Gasteiger partial charge in [0.2, 0.25) is 5.91 Å². The molecule has 1 aliphatic rings. The molecule has 3 N–H and O–H groups in total. The number of halogens is 2. The van der Waals surface area contributed by atoms with E-state index < -0.39 is 11.7 Å². The number of carbonyl (C=O) groups excluding carboxylic acids is 2. The van der Waals surface area contributed by atoms with E-state index in [4.69, 9.17) is 22.1 Å². The van der Waals surface area contributed by atoms with Gasteiger partial charge >= 0.3 is 0 Å². The molecule has 1 aliphatic heterocycles. The van der Waals surface area contributed by atoms with Gasteiger partial charge in [0.25, 0.3) is 5.91 Å². The van der Waals surface area contributed by atoms with Crippen LogP contribution in [0.15, 0.2) is 48.7 Å². The van der Waals surface area contributed by atoms with Crippen molar-refractivity contribution in [2.45, 2.75) is 18.9 Å². The molecule has 0 spiro atoms. The van der Waals surface area contributed by atoms with E-state index in [1.54, 1.807) is 29.1 Å². The normalized spacial score (nSPS) is 15.9. The van der Waals surface area contributed by atoms with E-state index in [0.717, 1.165) is 36.7 Å². The second-order valence-corrected chi connectivity index (χ2v) is 8.49. The van der Waals surface area contributed by atoms with E-state index in [1.165, 1.54) is 12.1 Å². The summed E-state index contributed by atoms with van der Waals surface area (Å²) in [7, 11) is 1.81. The van der Waals surface area contributed by atoms with Gasteiger partial charge in [-0.3, -0.25) is 19.2 Å². The molecular weight excluding hydrogens is 461 g/mol. The smallest absolute Gasteiger partial charge is 0.255 e. The Kier molecular flexibility index (Phi) is 7.14. The quantitative estimate of drug-likeness (QED) is 0.508. The highest BCUT2D eigenvalue weighted by Gasteiger charge is 2.28. The summed E-state index contributed by atoms with van der Waals surface area (Å²) in [4.78, 5) is 26.3. The number of likely N-dealkylation sites (tertiary alicyclic amines) is 1. The zero-order valence-electron chi connectivity index (χ0n) is 18.6. The molecule has 2 aromatic carbocycles. The molecule has 2 amide bonds. The minimum atomic E-state index is -0.589. The fourth-order valence-corrected chi connectivity index (χ4v) is 4.28. The highest BCUT2D eigenvalue weighted by atomic mass is 35.5. The molecule has 10 heteroatoms. The van der Waals surface area contributed by atoms with Gasteiger partial charge in [0, 0.05) is 36.6 Å². The standard InChI is InChI=1S/C24H25ClFN5O3/c1-30-20(8-9-28-30)17-14-16(29-24(33)15-4-6-19(26)18(25)13-15)5-7-22(17)34-12-11-31-10-2-3-21(31)23(27)32/h4-9,13-14,21H,2-3,10-12H2,1H3,(H2,27,32)(H,29,33)/t21-/m0/s1. The second-order valence-electron chi connectivity index (χ2n) is 8.08. The SMILES string of the molecule is Cn1nccc1-c1cc(NC(=O)c2ccc(F)c(Cl)c2)ccc1OCCN1CCC[C@H]1C(N)=O. The monoisotopic (exact) mass is 485 g/mol. The lowest BCUT2D eigenvalue weighted by molar-refractivity contribution is -0.122. The van der Waals surface area contributed by atoms with Crippen molar-refractivity contribution in [3.8, 4) is 17.0 Å². The minimum Gasteiger partial charge on any atom is -0.492 e. The Hall–Kier alpha value is -3.43. The topological polar surface area (TPSA) is 102 Å². The maximum atomic E-state index is 13.4. The van der Waals surface area contributed by atoms with Gasteiger partial charge in [-0.2, -0.15) is 5.10 Å². The number of benzene rings is 2. The predicted molar refractivity (Wildman–Crippen MR) is 127 cm³/mol. The maximum absolute atomic E-state index is 13.4. The van der Waals surface area contributed by atoms with Crippen molar-refractivity contribution >= 4 is 29.1 Å². The van der Waals surface area contributed by atoms with Crippen molar-refractivity contribution in [3.63, 3.8) is 0 Å². The van der Waals surface area contributed by atoms with E-state index in [2.05, 4.69) is 10.4 Å². The number of amides is 2. The summed E-state index contributed by atoms with van der Waals surface area (Å²) < 4.78 is 21.2. The number of rotatable bonds is 8. The van der Waals surface area contributed by atoms with Crippen LogP contribution in [0.1, 0.15) is 23.2 Å². The minimum absolute atomic E-state index is 0.122. The molecule has 1 fully saturated rings. The number of nitrogens with two attached hydrogens (primary N) is 1. The van der Waals surface area contributed by atoms with Crippen molar-refractivity contribution in [2.24, 2.45) is 12.8 Å². The summed E-state index contributed by atoms with van der Waals surface area (Å²) in [5, 5.41) is 6.91. The number of aryl methyl sites for hydroxylation is 1. The Bertz CT molecular complexity index is 1220. The molecular formula is C24H25ClFN5O3. The molecule has 0 saturated carbocycles. The Morgan fingerprint density at radius 3 is 2.79 bits per heavy atom. The van der Waals surface area contributed by atoms with Crippen LogP contribution in [0.2, 0.25) is 5.02 Å². The van der Waals surface area contributed by atoms with E-state index in [0.29, 0.717) is 24.6 Å². The number of aromatic nitrogens is 2. The van der Waals surface area contributed by atoms with Gasteiger partial charge in [-0.25, -0.2) is 4.39 Å². The van der Waals surface area contributed by atoms with Gasteiger partial charge in [-0.1, -0.05) is 11.6 Å². The molecule has 1 saturated heterocycles. The van der Waals surface area contributed by atoms with Crippen LogP contribution in [0.3, 0.4) is 0 Å². The third kappa shape index (κ3) is 5.21. The third-order valence-corrected chi connectivity index (χ3v) is 6.13. The van der Waals surface area contributed by atoms with Crippen molar-refractivity contribution in [1.29, 1.82) is 0 Å². The lowest BCUT2D eigenvalue weighted by Gasteiger charge is -2.22. The zero-order valence-corrected chi connectivity index (χ0v) is 19.4. The van der Waals surface area contributed by atoms with Gasteiger partial charge in [0.05, 0.1) is 16.8 Å². The number of hydrogen-bond donors (Lipinski definition) is 2. The molecule has 0 aliphatic carbocycles. The molecule has 4 rings (SSSR count). The molecule has 3 aromatic rings. The summed E-state index contributed by atoms with van der Waals surface area (Å²) in [6.45, 7) is 1.75. The highest BCUT2D eigenvalue weighted by Crippen LogP contribution is 2.33. The Labute approximate surface area is 201 Å². The Balaban J connectivity index is 1.52. The first-order valence-electron chi connectivity index (χ1n) is 10.9. The largest absolute Gasteiger partial charge is 0.492 e. The molecule has 1 atom stereocenters. The van der Waals surface area contributed by atoms with E-state index in [-0.39, 0.29) is 22.5 Å². The predicted octanol–water partition coefficient (Wildman–Crippen LogP) is 3.46. The molecule has 0 unspecified atom stereocenters. The van der Waals surface area contributed by atoms with Crippen LogP contribution in [0.4, 0.5) is 10.1 Å². The summed E-state index contributed by atoms with van der Waals surface area (Å²) in [6, 6.07) is 10.7. The average molecular weight is 486 g/mol. The number of carbonyl (C=O) groups is 2. The third-order valence-electron chi connectivity index (χ3n) is 5.84. The fourth-order valence-electron chi connectivity index (χ4n) is 4.10. The first-order valence-corrected chi connectivity index (χ1v) is 11.3. The molecule has 34 heavy (non-hydrogen) atoms. The van der Waals surface area contributed by atoms with Crippen LogP contribution < -0.4 is 15.8 Å². The second kappa shape index (κ2) is 10.2.